The van der Waals surface area contributed by atoms with Crippen LogP contribution >= 0.6 is 0 Å². The van der Waals surface area contributed by atoms with E-state index < -0.39 is 0 Å². The molecule has 3 nitrogen and oxygen atoms in total. The first-order valence-electron chi connectivity index (χ1n) is 7.84. The lowest BCUT2D eigenvalue weighted by Crippen LogP contribution is -2.48. The van der Waals surface area contributed by atoms with Gasteiger partial charge in [0.15, 0.2) is 0 Å². The molecule has 0 aromatic heterocycles. The molecule has 1 aliphatic carbocycles. The van der Waals surface area contributed by atoms with Gasteiger partial charge in [-0.2, -0.15) is 0 Å². The number of nitrogens with one attached hydrogen (secondary N) is 1. The quantitative estimate of drug-likeness (QED) is 0.913. The van der Waals surface area contributed by atoms with Gasteiger partial charge in [0.1, 0.15) is 0 Å². The minimum atomic E-state index is 0.213. The molecule has 3 heteroatoms. The molecule has 1 amide bonds. The number of carbonyl (C=O) groups is 1. The van der Waals surface area contributed by atoms with E-state index >= 15 is 0 Å². The third kappa shape index (κ3) is 2.59. The van der Waals surface area contributed by atoms with Crippen LogP contribution < -0.4 is 5.32 Å². The Balaban J connectivity index is 1.70. The largest absolute Gasteiger partial charge is 0.337 e. The van der Waals surface area contributed by atoms with Crippen molar-refractivity contribution in [1.82, 2.24) is 10.2 Å². The summed E-state index contributed by atoms with van der Waals surface area (Å²) in [6.45, 7) is 1.72. The molecule has 3 rings (SSSR count). The highest BCUT2D eigenvalue weighted by atomic mass is 16.2. The fourth-order valence-corrected chi connectivity index (χ4v) is 3.72. The maximum atomic E-state index is 12.6. The summed E-state index contributed by atoms with van der Waals surface area (Å²) in [4.78, 5) is 14.6. The van der Waals surface area contributed by atoms with Crippen LogP contribution in [0.2, 0.25) is 0 Å². The Bertz CT molecular complexity index is 480. The summed E-state index contributed by atoms with van der Waals surface area (Å²) in [5.41, 5.74) is 2.11. The van der Waals surface area contributed by atoms with E-state index in [9.17, 15) is 4.79 Å². The Labute approximate surface area is 121 Å². The fourth-order valence-electron chi connectivity index (χ4n) is 3.72. The van der Waals surface area contributed by atoms with E-state index in [2.05, 4.69) is 11.4 Å². The second-order valence-corrected chi connectivity index (χ2v) is 6.10. The maximum absolute atomic E-state index is 12.6. The zero-order chi connectivity index (χ0) is 13.9. The molecular weight excluding hydrogens is 248 g/mol. The van der Waals surface area contributed by atoms with Crippen LogP contribution in [0, 0.1) is 5.92 Å². The lowest BCUT2D eigenvalue weighted by Gasteiger charge is -2.34. The van der Waals surface area contributed by atoms with Crippen molar-refractivity contribution in [3.63, 3.8) is 0 Å². The van der Waals surface area contributed by atoms with Crippen LogP contribution in [0.15, 0.2) is 24.3 Å². The topological polar surface area (TPSA) is 32.3 Å². The zero-order valence-corrected chi connectivity index (χ0v) is 12.3. The molecule has 1 N–H and O–H groups in total. The van der Waals surface area contributed by atoms with Crippen molar-refractivity contribution in [2.24, 2.45) is 5.92 Å². The molecule has 1 atom stereocenters. The van der Waals surface area contributed by atoms with Gasteiger partial charge in [-0.05, 0) is 43.9 Å². The highest BCUT2D eigenvalue weighted by Gasteiger charge is 2.30. The first kappa shape index (κ1) is 13.6. The molecule has 1 heterocycles. The molecule has 1 aliphatic heterocycles. The summed E-state index contributed by atoms with van der Waals surface area (Å²) < 4.78 is 0. The number of fused-ring (bicyclic) bond motifs is 1. The van der Waals surface area contributed by atoms with E-state index in [0.29, 0.717) is 6.04 Å². The molecule has 2 aliphatic rings. The molecule has 1 aromatic carbocycles. The second kappa shape index (κ2) is 5.96. The van der Waals surface area contributed by atoms with Gasteiger partial charge in [0.2, 0.25) is 0 Å². The van der Waals surface area contributed by atoms with Crippen molar-refractivity contribution in [3.8, 4) is 0 Å². The number of carbonyl (C=O) groups excluding carboxylic acids is 1. The maximum Gasteiger partial charge on any atom is 0.254 e. The average Bonchev–Trinajstić information content (AvgIpc) is 3.01. The second-order valence-electron chi connectivity index (χ2n) is 6.10. The van der Waals surface area contributed by atoms with Crippen LogP contribution in [-0.2, 0) is 6.42 Å². The predicted molar refractivity (Wildman–Crippen MR) is 80.9 cm³/mol. The van der Waals surface area contributed by atoms with Crippen molar-refractivity contribution in [1.29, 1.82) is 0 Å². The van der Waals surface area contributed by atoms with E-state index in [0.717, 1.165) is 31.0 Å². The Kier molecular flexibility index (Phi) is 4.06. The number of benzene rings is 1. The van der Waals surface area contributed by atoms with Gasteiger partial charge < -0.3 is 10.2 Å². The first-order valence-corrected chi connectivity index (χ1v) is 7.84. The van der Waals surface area contributed by atoms with E-state index in [1.165, 1.54) is 31.2 Å². The summed E-state index contributed by atoms with van der Waals surface area (Å²) in [6.07, 6.45) is 6.30. The van der Waals surface area contributed by atoms with Gasteiger partial charge in [-0.3, -0.25) is 4.79 Å². The molecule has 108 valence electrons. The minimum absolute atomic E-state index is 0.213. The van der Waals surface area contributed by atoms with Crippen molar-refractivity contribution < 1.29 is 4.79 Å². The van der Waals surface area contributed by atoms with Crippen molar-refractivity contribution in [3.05, 3.63) is 35.4 Å². The van der Waals surface area contributed by atoms with E-state index in [-0.39, 0.29) is 5.91 Å². The van der Waals surface area contributed by atoms with Gasteiger partial charge in [-0.1, -0.05) is 31.0 Å². The Morgan fingerprint density at radius 2 is 2.05 bits per heavy atom. The standard InChI is InChI=1S/C17H24N2O/c1-18-16(14-7-2-3-8-14)12-19-11-10-13-6-4-5-9-15(13)17(19)20/h4-6,9,14,16,18H,2-3,7-8,10-12H2,1H3. The smallest absolute Gasteiger partial charge is 0.254 e. The number of nitrogens with zero attached hydrogens (tertiary/aromatic N) is 1. The number of amides is 1. The fraction of sp³-hybridized carbons (Fsp3) is 0.588. The van der Waals surface area contributed by atoms with Gasteiger partial charge >= 0.3 is 0 Å². The molecule has 0 saturated heterocycles. The van der Waals surface area contributed by atoms with Gasteiger partial charge in [0, 0.05) is 24.7 Å². The number of hydrogen-bond acceptors (Lipinski definition) is 2. The highest BCUT2D eigenvalue weighted by molar-refractivity contribution is 5.96. The Hall–Kier alpha value is -1.35. The van der Waals surface area contributed by atoms with Crippen molar-refractivity contribution in [2.45, 2.75) is 38.1 Å². The SMILES string of the molecule is CNC(CN1CCc2ccccc2C1=O)C1CCCC1. The van der Waals surface area contributed by atoms with E-state index in [4.69, 9.17) is 0 Å². The average molecular weight is 272 g/mol. The summed E-state index contributed by atoms with van der Waals surface area (Å²) >= 11 is 0. The van der Waals surface area contributed by atoms with Crippen LogP contribution in [-0.4, -0.2) is 37.0 Å². The molecule has 0 radical (unpaired) electrons. The van der Waals surface area contributed by atoms with Crippen LogP contribution in [0.5, 0.6) is 0 Å². The molecule has 1 aromatic rings. The summed E-state index contributed by atoms with van der Waals surface area (Å²) in [5, 5.41) is 3.44. The molecule has 1 fully saturated rings. The zero-order valence-electron chi connectivity index (χ0n) is 12.3. The van der Waals surface area contributed by atoms with Crippen LogP contribution in [0.4, 0.5) is 0 Å². The first-order chi connectivity index (χ1) is 9.79. The predicted octanol–water partition coefficient (Wildman–Crippen LogP) is 2.46. The van der Waals surface area contributed by atoms with Crippen LogP contribution in [0.25, 0.3) is 0 Å². The molecule has 20 heavy (non-hydrogen) atoms. The van der Waals surface area contributed by atoms with Crippen LogP contribution in [0.3, 0.4) is 0 Å². The van der Waals surface area contributed by atoms with Crippen LogP contribution in [0.1, 0.15) is 41.6 Å². The molecular formula is C17H24N2O. The van der Waals surface area contributed by atoms with Crippen molar-refractivity contribution >= 4 is 5.91 Å². The van der Waals surface area contributed by atoms with Crippen molar-refractivity contribution in [2.75, 3.05) is 20.1 Å². The highest BCUT2D eigenvalue weighted by Crippen LogP contribution is 2.29. The summed E-state index contributed by atoms with van der Waals surface area (Å²) in [7, 11) is 2.03. The van der Waals surface area contributed by atoms with Gasteiger partial charge in [0.25, 0.3) is 5.91 Å². The third-order valence-corrected chi connectivity index (χ3v) is 4.94. The molecule has 0 bridgehead atoms. The van der Waals surface area contributed by atoms with Gasteiger partial charge in [-0.25, -0.2) is 0 Å². The summed E-state index contributed by atoms with van der Waals surface area (Å²) in [5.74, 6) is 0.954. The Morgan fingerprint density at radius 3 is 2.80 bits per heavy atom. The molecule has 0 spiro atoms. The van der Waals surface area contributed by atoms with Gasteiger partial charge in [-0.15, -0.1) is 0 Å². The van der Waals surface area contributed by atoms with E-state index in [1.54, 1.807) is 0 Å². The lowest BCUT2D eigenvalue weighted by atomic mass is 9.95. The number of likely N-dealkylation sites (N-methyl/N-ethyl adjacent to an activating group) is 1. The number of hydrogen-bond donors (Lipinski definition) is 1. The molecule has 1 unspecified atom stereocenters. The number of rotatable bonds is 4. The summed E-state index contributed by atoms with van der Waals surface area (Å²) in [6, 6.07) is 8.49. The normalized spacial score (nSPS) is 21.1. The minimum Gasteiger partial charge on any atom is -0.337 e. The third-order valence-electron chi connectivity index (χ3n) is 4.94. The van der Waals surface area contributed by atoms with Gasteiger partial charge in [0.05, 0.1) is 0 Å². The van der Waals surface area contributed by atoms with E-state index in [1.807, 2.05) is 30.1 Å². The lowest BCUT2D eigenvalue weighted by molar-refractivity contribution is 0.0709. The monoisotopic (exact) mass is 272 g/mol. The Morgan fingerprint density at radius 1 is 1.30 bits per heavy atom. The molecule has 1 saturated carbocycles.